The number of likely N-dealkylation sites (tertiary alicyclic amines) is 1. The Balaban J connectivity index is 2.00. The smallest absolute Gasteiger partial charge is 0.308 e. The molecule has 1 aromatic heterocycles. The number of piperidine rings is 1. The van der Waals surface area contributed by atoms with E-state index >= 15 is 0 Å². The molecule has 2 rings (SSSR count). The van der Waals surface area contributed by atoms with Crippen LogP contribution in [-0.4, -0.2) is 44.8 Å². The van der Waals surface area contributed by atoms with Crippen LogP contribution < -0.4 is 0 Å². The van der Waals surface area contributed by atoms with Crippen LogP contribution in [0.3, 0.4) is 0 Å². The molecule has 6 nitrogen and oxygen atoms in total. The van der Waals surface area contributed by atoms with Crippen LogP contribution in [0.15, 0.2) is 6.07 Å². The molecule has 1 aromatic rings. The second-order valence-electron chi connectivity index (χ2n) is 5.10. The molecule has 0 spiro atoms. The Morgan fingerprint density at radius 3 is 2.79 bits per heavy atom. The molecular weight excluding hydrogens is 246 g/mol. The van der Waals surface area contributed by atoms with E-state index in [9.17, 15) is 9.59 Å². The zero-order valence-electron chi connectivity index (χ0n) is 11.3. The minimum absolute atomic E-state index is 0.0582. The Bertz CT molecular complexity index is 495. The number of carbonyl (C=O) groups is 2. The van der Waals surface area contributed by atoms with Crippen molar-refractivity contribution in [2.75, 3.05) is 13.1 Å². The van der Waals surface area contributed by atoms with Gasteiger partial charge < -0.3 is 10.0 Å². The molecule has 19 heavy (non-hydrogen) atoms. The summed E-state index contributed by atoms with van der Waals surface area (Å²) in [6.45, 7) is 4.93. The van der Waals surface area contributed by atoms with Crippen LogP contribution in [0.1, 0.15) is 24.2 Å². The van der Waals surface area contributed by atoms with Crippen LogP contribution in [-0.2, 0) is 16.1 Å². The molecular formula is C13H19N3O3. The number of carboxylic acids is 1. The molecule has 0 unspecified atom stereocenters. The van der Waals surface area contributed by atoms with Crippen molar-refractivity contribution in [2.24, 2.45) is 5.92 Å². The maximum Gasteiger partial charge on any atom is 0.308 e. The van der Waals surface area contributed by atoms with Crippen molar-refractivity contribution in [1.29, 1.82) is 0 Å². The summed E-state index contributed by atoms with van der Waals surface area (Å²) >= 11 is 0. The van der Waals surface area contributed by atoms with Gasteiger partial charge >= 0.3 is 5.97 Å². The summed E-state index contributed by atoms with van der Waals surface area (Å²) in [5.41, 5.74) is 1.82. The molecule has 1 aliphatic heterocycles. The number of hydrogen-bond donors (Lipinski definition) is 1. The number of aryl methyl sites for hydroxylation is 2. The van der Waals surface area contributed by atoms with E-state index < -0.39 is 11.9 Å². The number of carboxylic acid groups (broad SMARTS) is 1. The Hall–Kier alpha value is -1.85. The van der Waals surface area contributed by atoms with Crippen LogP contribution in [0.5, 0.6) is 0 Å². The van der Waals surface area contributed by atoms with Crippen molar-refractivity contribution in [3.63, 3.8) is 0 Å². The highest BCUT2D eigenvalue weighted by molar-refractivity contribution is 5.77. The molecule has 1 saturated heterocycles. The van der Waals surface area contributed by atoms with Gasteiger partial charge in [-0.05, 0) is 32.8 Å². The van der Waals surface area contributed by atoms with Gasteiger partial charge in [0.15, 0.2) is 0 Å². The van der Waals surface area contributed by atoms with Gasteiger partial charge in [-0.25, -0.2) is 0 Å². The second kappa shape index (κ2) is 5.42. The fourth-order valence-electron chi connectivity index (χ4n) is 2.47. The first-order chi connectivity index (χ1) is 8.97. The summed E-state index contributed by atoms with van der Waals surface area (Å²) in [5, 5.41) is 13.3. The first kappa shape index (κ1) is 13.6. The number of nitrogens with zero attached hydrogens (tertiary/aromatic N) is 3. The highest BCUT2D eigenvalue weighted by Crippen LogP contribution is 2.17. The first-order valence-corrected chi connectivity index (χ1v) is 6.49. The van der Waals surface area contributed by atoms with Gasteiger partial charge in [0.25, 0.3) is 0 Å². The van der Waals surface area contributed by atoms with Crippen molar-refractivity contribution >= 4 is 11.9 Å². The third-order valence-corrected chi connectivity index (χ3v) is 3.51. The van der Waals surface area contributed by atoms with Crippen molar-refractivity contribution in [3.8, 4) is 0 Å². The van der Waals surface area contributed by atoms with E-state index in [1.807, 2.05) is 19.9 Å². The average molecular weight is 265 g/mol. The number of aromatic nitrogens is 2. The van der Waals surface area contributed by atoms with E-state index in [1.165, 1.54) is 0 Å². The maximum absolute atomic E-state index is 12.2. The Morgan fingerprint density at radius 2 is 2.21 bits per heavy atom. The fourth-order valence-corrected chi connectivity index (χ4v) is 2.47. The molecule has 1 atom stereocenters. The lowest BCUT2D eigenvalue weighted by Gasteiger charge is -2.30. The van der Waals surface area contributed by atoms with Gasteiger partial charge in [-0.1, -0.05) is 0 Å². The molecule has 0 aromatic carbocycles. The van der Waals surface area contributed by atoms with Gasteiger partial charge in [0.2, 0.25) is 5.91 Å². The van der Waals surface area contributed by atoms with Crippen LogP contribution in [0.4, 0.5) is 0 Å². The largest absolute Gasteiger partial charge is 0.481 e. The molecule has 1 aliphatic rings. The van der Waals surface area contributed by atoms with Crippen molar-refractivity contribution in [2.45, 2.75) is 33.2 Å². The van der Waals surface area contributed by atoms with Crippen LogP contribution in [0.25, 0.3) is 0 Å². The van der Waals surface area contributed by atoms with E-state index in [2.05, 4.69) is 5.10 Å². The van der Waals surface area contributed by atoms with E-state index in [1.54, 1.807) is 9.58 Å². The lowest BCUT2D eigenvalue weighted by atomic mass is 9.98. The number of hydrogen-bond acceptors (Lipinski definition) is 3. The highest BCUT2D eigenvalue weighted by atomic mass is 16.4. The minimum Gasteiger partial charge on any atom is -0.481 e. The molecule has 0 radical (unpaired) electrons. The first-order valence-electron chi connectivity index (χ1n) is 6.49. The third-order valence-electron chi connectivity index (χ3n) is 3.51. The number of aliphatic carboxylic acids is 1. The zero-order chi connectivity index (χ0) is 14.0. The summed E-state index contributed by atoms with van der Waals surface area (Å²) in [6.07, 6.45) is 1.40. The lowest BCUT2D eigenvalue weighted by Crippen LogP contribution is -2.43. The molecule has 6 heteroatoms. The Labute approximate surface area is 112 Å². The molecule has 2 heterocycles. The van der Waals surface area contributed by atoms with Gasteiger partial charge in [-0.2, -0.15) is 5.10 Å². The zero-order valence-corrected chi connectivity index (χ0v) is 11.3. The van der Waals surface area contributed by atoms with Gasteiger partial charge in [-0.15, -0.1) is 0 Å². The van der Waals surface area contributed by atoms with Gasteiger partial charge in [0.05, 0.1) is 11.6 Å². The summed E-state index contributed by atoms with van der Waals surface area (Å²) in [4.78, 5) is 24.8. The van der Waals surface area contributed by atoms with E-state index in [-0.39, 0.29) is 12.5 Å². The number of rotatable bonds is 3. The van der Waals surface area contributed by atoms with Gasteiger partial charge in [-0.3, -0.25) is 14.3 Å². The predicted octanol–water partition coefficient (Wildman–Crippen LogP) is 0.823. The molecule has 1 amide bonds. The number of carbonyl (C=O) groups excluding carboxylic acids is 1. The molecule has 0 bridgehead atoms. The van der Waals surface area contributed by atoms with Crippen LogP contribution in [0, 0.1) is 19.8 Å². The quantitative estimate of drug-likeness (QED) is 0.878. The van der Waals surface area contributed by atoms with Crippen molar-refractivity contribution < 1.29 is 14.7 Å². The molecule has 1 fully saturated rings. The predicted molar refractivity (Wildman–Crippen MR) is 68.6 cm³/mol. The number of amides is 1. The van der Waals surface area contributed by atoms with Crippen molar-refractivity contribution in [3.05, 3.63) is 17.5 Å². The van der Waals surface area contributed by atoms with Gasteiger partial charge in [0, 0.05) is 18.8 Å². The Kier molecular flexibility index (Phi) is 3.87. The van der Waals surface area contributed by atoms with E-state index in [4.69, 9.17) is 5.11 Å². The average Bonchev–Trinajstić information content (AvgIpc) is 2.68. The van der Waals surface area contributed by atoms with E-state index in [0.717, 1.165) is 17.8 Å². The highest BCUT2D eigenvalue weighted by Gasteiger charge is 2.28. The molecule has 1 N–H and O–H groups in total. The summed E-state index contributed by atoms with van der Waals surface area (Å²) in [6, 6.07) is 1.92. The lowest BCUT2D eigenvalue weighted by molar-refractivity contribution is -0.145. The fraction of sp³-hybridized carbons (Fsp3) is 0.615. The normalized spacial score (nSPS) is 19.5. The third kappa shape index (κ3) is 3.13. The van der Waals surface area contributed by atoms with Crippen LogP contribution >= 0.6 is 0 Å². The summed E-state index contributed by atoms with van der Waals surface area (Å²) in [7, 11) is 0. The topological polar surface area (TPSA) is 75.4 Å². The van der Waals surface area contributed by atoms with Crippen LogP contribution in [0.2, 0.25) is 0 Å². The molecule has 104 valence electrons. The Morgan fingerprint density at radius 1 is 1.47 bits per heavy atom. The monoisotopic (exact) mass is 265 g/mol. The van der Waals surface area contributed by atoms with Gasteiger partial charge in [0.1, 0.15) is 6.54 Å². The van der Waals surface area contributed by atoms with Crippen molar-refractivity contribution in [1.82, 2.24) is 14.7 Å². The molecule has 0 saturated carbocycles. The summed E-state index contributed by atoms with van der Waals surface area (Å²) in [5.74, 6) is -1.31. The summed E-state index contributed by atoms with van der Waals surface area (Å²) < 4.78 is 1.67. The standard InChI is InChI=1S/C13H19N3O3/c1-9-6-10(2)16(14-9)8-12(17)15-5-3-4-11(7-15)13(18)19/h6,11H,3-5,7-8H2,1-2H3,(H,18,19)/t11-/m1/s1. The maximum atomic E-state index is 12.2. The minimum atomic E-state index is -0.816. The molecule has 0 aliphatic carbocycles. The van der Waals surface area contributed by atoms with E-state index in [0.29, 0.717) is 19.5 Å². The second-order valence-corrected chi connectivity index (χ2v) is 5.10. The SMILES string of the molecule is Cc1cc(C)n(CC(=O)N2CCC[C@@H](C(=O)O)C2)n1.